The number of thioether (sulfide) groups is 1. The Morgan fingerprint density at radius 1 is 1.14 bits per heavy atom. The van der Waals surface area contributed by atoms with E-state index in [0.29, 0.717) is 10.7 Å². The molecule has 0 atom stereocenters. The van der Waals surface area contributed by atoms with Gasteiger partial charge in [0.05, 0.1) is 16.2 Å². The van der Waals surface area contributed by atoms with E-state index in [-0.39, 0.29) is 10.0 Å². The maximum absolute atomic E-state index is 13.0. The van der Waals surface area contributed by atoms with Crippen LogP contribution in [0.5, 0.6) is 0 Å². The lowest BCUT2D eigenvalue weighted by Gasteiger charge is -2.16. The molecular weight excluding hydrogens is 423 g/mol. The molecule has 1 aliphatic heterocycles. The van der Waals surface area contributed by atoms with E-state index in [1.165, 1.54) is 12.1 Å². The van der Waals surface area contributed by atoms with Gasteiger partial charge in [-0.25, -0.2) is 5.10 Å². The Balaban J connectivity index is 1.60. The zero-order valence-electron chi connectivity index (χ0n) is 14.3. The van der Waals surface area contributed by atoms with Gasteiger partial charge in [0.15, 0.2) is 10.1 Å². The number of nitrogens with zero attached hydrogens (tertiary/aromatic N) is 4. The number of carbonyl (C=O) groups excluding carboxylic acids is 1. The monoisotopic (exact) mass is 433 g/mol. The van der Waals surface area contributed by atoms with Crippen LogP contribution >= 0.6 is 24.0 Å². The Bertz CT molecular complexity index is 1110. The van der Waals surface area contributed by atoms with Crippen LogP contribution in [0.1, 0.15) is 11.1 Å². The number of alkyl halides is 3. The van der Waals surface area contributed by atoms with Crippen LogP contribution in [-0.4, -0.2) is 30.9 Å². The summed E-state index contributed by atoms with van der Waals surface area (Å²) in [5.74, 6) is 0.0373. The maximum Gasteiger partial charge on any atom is 0.416 e. The zero-order valence-corrected chi connectivity index (χ0v) is 16.0. The number of rotatable bonds is 3. The summed E-state index contributed by atoms with van der Waals surface area (Å²) in [5.41, 5.74) is 0.735. The highest BCUT2D eigenvalue weighted by Crippen LogP contribution is 2.38. The van der Waals surface area contributed by atoms with Crippen LogP contribution in [-0.2, 0) is 11.0 Å². The number of thiocarbonyl (C=S) groups is 1. The summed E-state index contributed by atoms with van der Waals surface area (Å²) >= 11 is 6.26. The number of amides is 1. The van der Waals surface area contributed by atoms with Crippen molar-refractivity contribution in [3.8, 4) is 11.4 Å². The minimum Gasteiger partial charge on any atom is -0.268 e. The highest BCUT2D eigenvalue weighted by molar-refractivity contribution is 8.27. The molecule has 1 amide bonds. The molecule has 1 fully saturated rings. The predicted octanol–water partition coefficient (Wildman–Crippen LogP) is 4.29. The van der Waals surface area contributed by atoms with Crippen molar-refractivity contribution in [2.75, 3.05) is 4.90 Å². The molecule has 0 radical (unpaired) electrons. The van der Waals surface area contributed by atoms with Crippen LogP contribution in [0.15, 0.2) is 53.4 Å². The fourth-order valence-corrected chi connectivity index (χ4v) is 3.98. The first kappa shape index (κ1) is 19.3. The molecule has 1 aromatic heterocycles. The van der Waals surface area contributed by atoms with Gasteiger partial charge >= 0.3 is 6.18 Å². The number of nitrogens with one attached hydrogen (secondary N) is 1. The molecule has 6 nitrogen and oxygen atoms in total. The second-order valence-electron chi connectivity index (χ2n) is 5.94. The van der Waals surface area contributed by atoms with Gasteiger partial charge in [0.1, 0.15) is 0 Å². The molecule has 0 aliphatic carbocycles. The molecule has 0 spiro atoms. The molecule has 0 bridgehead atoms. The van der Waals surface area contributed by atoms with Crippen molar-refractivity contribution in [3.05, 3.63) is 64.6 Å². The van der Waals surface area contributed by atoms with Crippen LogP contribution in [0, 0.1) is 0 Å². The van der Waals surface area contributed by atoms with E-state index >= 15 is 0 Å². The van der Waals surface area contributed by atoms with Crippen molar-refractivity contribution >= 4 is 46.0 Å². The quantitative estimate of drug-likeness (QED) is 0.491. The maximum atomic E-state index is 13.0. The Kier molecular flexibility index (Phi) is 4.92. The Labute approximate surface area is 171 Å². The number of carbonyl (C=O) groups is 1. The minimum absolute atomic E-state index is 0.0823. The van der Waals surface area contributed by atoms with E-state index in [1.54, 1.807) is 30.3 Å². The number of tetrazole rings is 1. The van der Waals surface area contributed by atoms with Gasteiger partial charge in [-0.2, -0.15) is 13.2 Å². The molecule has 1 aliphatic rings. The third-order valence-corrected chi connectivity index (χ3v) is 5.35. The molecule has 2 aromatic carbocycles. The van der Waals surface area contributed by atoms with Crippen LogP contribution in [0.3, 0.4) is 0 Å². The van der Waals surface area contributed by atoms with Gasteiger partial charge in [0, 0.05) is 5.56 Å². The van der Waals surface area contributed by atoms with Crippen molar-refractivity contribution in [1.82, 2.24) is 20.6 Å². The lowest BCUT2D eigenvalue weighted by Crippen LogP contribution is -2.27. The van der Waals surface area contributed by atoms with Crippen LogP contribution in [0.25, 0.3) is 17.5 Å². The van der Waals surface area contributed by atoms with Gasteiger partial charge in [-0.1, -0.05) is 54.3 Å². The fourth-order valence-electron chi connectivity index (χ4n) is 2.68. The molecule has 4 rings (SSSR count). The van der Waals surface area contributed by atoms with E-state index in [2.05, 4.69) is 20.6 Å². The van der Waals surface area contributed by atoms with E-state index in [9.17, 15) is 18.0 Å². The zero-order chi connectivity index (χ0) is 20.6. The van der Waals surface area contributed by atoms with Gasteiger partial charge in [-0.15, -0.1) is 5.10 Å². The number of hydrogen-bond donors (Lipinski definition) is 1. The number of hydrogen-bond acceptors (Lipinski definition) is 6. The molecule has 1 N–H and O–H groups in total. The number of halogens is 3. The summed E-state index contributed by atoms with van der Waals surface area (Å²) in [7, 11) is 0. The van der Waals surface area contributed by atoms with E-state index in [1.807, 2.05) is 0 Å². The largest absolute Gasteiger partial charge is 0.416 e. The predicted molar refractivity (Wildman–Crippen MR) is 107 cm³/mol. The van der Waals surface area contributed by atoms with Gasteiger partial charge in [0.2, 0.25) is 0 Å². The third kappa shape index (κ3) is 3.91. The number of H-pyrrole nitrogens is 1. The van der Waals surface area contributed by atoms with Gasteiger partial charge < -0.3 is 0 Å². The first-order chi connectivity index (χ1) is 13.8. The van der Waals surface area contributed by atoms with Gasteiger partial charge in [-0.3, -0.25) is 9.69 Å². The Morgan fingerprint density at radius 3 is 2.55 bits per heavy atom. The van der Waals surface area contributed by atoms with Crippen LogP contribution < -0.4 is 4.90 Å². The van der Waals surface area contributed by atoms with E-state index in [0.717, 1.165) is 39.9 Å². The van der Waals surface area contributed by atoms with Crippen LogP contribution in [0.4, 0.5) is 18.9 Å². The lowest BCUT2D eigenvalue weighted by atomic mass is 10.1. The minimum atomic E-state index is -4.51. The number of anilines is 1. The molecule has 1 saturated heterocycles. The van der Waals surface area contributed by atoms with E-state index < -0.39 is 17.6 Å². The summed E-state index contributed by atoms with van der Waals surface area (Å²) < 4.78 is 39.1. The Morgan fingerprint density at radius 2 is 1.90 bits per heavy atom. The molecular formula is C18H10F3N5OS2. The van der Waals surface area contributed by atoms with Crippen molar-refractivity contribution in [2.24, 2.45) is 0 Å². The van der Waals surface area contributed by atoms with Crippen molar-refractivity contribution in [1.29, 1.82) is 0 Å². The van der Waals surface area contributed by atoms with Crippen molar-refractivity contribution in [2.45, 2.75) is 6.18 Å². The van der Waals surface area contributed by atoms with Crippen molar-refractivity contribution in [3.63, 3.8) is 0 Å². The number of aromatic nitrogens is 4. The Hall–Kier alpha value is -3.05. The number of benzene rings is 2. The highest BCUT2D eigenvalue weighted by Gasteiger charge is 2.36. The molecule has 2 heterocycles. The third-order valence-electron chi connectivity index (χ3n) is 4.05. The van der Waals surface area contributed by atoms with E-state index in [4.69, 9.17) is 12.2 Å². The second kappa shape index (κ2) is 7.41. The summed E-state index contributed by atoms with van der Waals surface area (Å²) in [6.45, 7) is 0. The van der Waals surface area contributed by atoms with Gasteiger partial charge in [-0.05, 0) is 40.3 Å². The molecule has 0 unspecified atom stereocenters. The van der Waals surface area contributed by atoms with Crippen LogP contribution in [0.2, 0.25) is 0 Å². The summed E-state index contributed by atoms with van der Waals surface area (Å²) in [5, 5.41) is 13.5. The number of aromatic amines is 1. The highest BCUT2D eigenvalue weighted by atomic mass is 32.2. The standard InChI is InChI=1S/C18H10F3N5OS2/c19-18(20,21)12-2-1-3-13(9-12)26-16(27)14(29-17(26)28)8-10-4-6-11(7-5-10)15-22-24-25-23-15/h1-9H,(H,22,23,24,25)/b14-8+. The summed E-state index contributed by atoms with van der Waals surface area (Å²) in [4.78, 5) is 14.2. The molecule has 11 heteroatoms. The van der Waals surface area contributed by atoms with Crippen molar-refractivity contribution < 1.29 is 18.0 Å². The second-order valence-corrected chi connectivity index (χ2v) is 7.61. The molecule has 3 aromatic rings. The first-order valence-corrected chi connectivity index (χ1v) is 9.35. The summed E-state index contributed by atoms with van der Waals surface area (Å²) in [6.07, 6.45) is -2.87. The molecule has 0 saturated carbocycles. The normalized spacial score (nSPS) is 16.1. The summed E-state index contributed by atoms with van der Waals surface area (Å²) in [6, 6.07) is 11.6. The molecule has 146 valence electrons. The fraction of sp³-hybridized carbons (Fsp3) is 0.0556. The smallest absolute Gasteiger partial charge is 0.268 e. The SMILES string of the molecule is O=C1/C(=C\c2ccc(-c3nnn[nH]3)cc2)SC(=S)N1c1cccc(C(F)(F)F)c1. The van der Waals surface area contributed by atoms with Gasteiger partial charge in [0.25, 0.3) is 5.91 Å². The average Bonchev–Trinajstić information content (AvgIpc) is 3.31. The molecule has 29 heavy (non-hydrogen) atoms. The lowest BCUT2D eigenvalue weighted by molar-refractivity contribution is -0.137. The first-order valence-electron chi connectivity index (χ1n) is 8.12. The average molecular weight is 433 g/mol. The topological polar surface area (TPSA) is 74.8 Å².